The number of fused-ring (bicyclic) bond motifs is 8. The molecule has 0 spiro atoms. The summed E-state index contributed by atoms with van der Waals surface area (Å²) >= 11 is 26.9. The van der Waals surface area contributed by atoms with E-state index in [9.17, 15) is 19.2 Å². The monoisotopic (exact) mass is 1820 g/mol. The number of nitrogens with one attached hydrogen (secondary N) is 8. The highest BCUT2D eigenvalue weighted by atomic mass is 35.5. The van der Waals surface area contributed by atoms with E-state index in [1.807, 2.05) is 101 Å². The number of nitrogens with two attached hydrogens (primary N) is 4. The summed E-state index contributed by atoms with van der Waals surface area (Å²) in [5.74, 6) is 1.40. The molecule has 42 heteroatoms. The maximum atomic E-state index is 12.9. The standard InChI is InChI=1S/C24H26ClN9O2.C24H26ClN9O.C23H26ClN7O2.C16H14ClN7O/c1-24(2,3)34-22-17(21(26)27-12-28-22)19(32-34)20-18(25)14-6-5-13(11-15(14)29-20)23(35)30-16-7-8-33(31-16)9-10-36-4;1-5-9-33-10-8-16(31-33)30-23(35)13-6-7-14-15(11-13)29-20(18(14)25)19-17-21(26)27-12-28-22(17)34(32-19)24(2,3)4;1-23(2,3)31-21-16(20(25)26-11-27-21)18(30-31)19-17(24)14-5-4-12(10-15(14)29-19)22(32)28-13-6-8-33-9-7-13;1-19-16(25)7-3-4-8-9(5-7)22-13(11(8)17)12-10-14(18)20-6-21-15(10)24(2)23-12/h5-8,11-12,29H,9-10H2,1-4H3,(H2,26,27,28)(H,30,31,35);6-8,10-12,29H,5,9H2,1-4H3,(H2,26,27,28)(H,30,31,35);4-5,10-11,13,29H,6-9H2,1-3H3,(H,28,32)(H2,25,26,27);3-6,22H,1-2H3,(H,19,25)(H2,18,20,21). The minimum atomic E-state index is -0.350. The number of anilines is 6. The summed E-state index contributed by atoms with van der Waals surface area (Å²) in [5, 5.41) is 46.5. The van der Waals surface area contributed by atoms with Crippen LogP contribution in [0.5, 0.6) is 0 Å². The lowest BCUT2D eigenvalue weighted by molar-refractivity contribution is 0.0696. The number of carbonyl (C=O) groups is 4. The lowest BCUT2D eigenvalue weighted by Gasteiger charge is -2.23. The molecule has 1 aliphatic rings. The van der Waals surface area contributed by atoms with Gasteiger partial charge in [-0.1, -0.05) is 77.6 Å². The fourth-order valence-corrected chi connectivity index (χ4v) is 16.4. The first-order chi connectivity index (χ1) is 61.6. The number of aryl methyl sites for hydroxylation is 2. The number of rotatable bonds is 16. The molecule has 4 aromatic carbocycles. The molecule has 664 valence electrons. The van der Waals surface area contributed by atoms with Crippen LogP contribution in [0.25, 0.3) is 133 Å². The van der Waals surface area contributed by atoms with Crippen LogP contribution in [-0.4, -0.2) is 182 Å². The number of nitrogens with zero attached hydrogens (tertiary/aromatic N) is 20. The van der Waals surface area contributed by atoms with Gasteiger partial charge in [0.25, 0.3) is 23.6 Å². The predicted molar refractivity (Wildman–Crippen MR) is 501 cm³/mol. The summed E-state index contributed by atoms with van der Waals surface area (Å²) in [6.07, 6.45) is 11.9. The third-order valence-corrected chi connectivity index (χ3v) is 23.1. The molecule has 14 aromatic heterocycles. The Bertz CT molecular complexity index is 7400. The SMILES string of the molecule is CC(C)(C)n1nc(-c2[nH]c3cc(C(=O)NC4CCOCC4)ccc3c2Cl)c2c(N)ncnc21.CCCn1ccc(NC(=O)c2ccc3c(Cl)c(-c4nn(C(C)(C)C)c5ncnc(N)c45)[nH]c3c2)n1.CNC(=O)c1ccc2c(Cl)c(-c3nn(C)c4ncnc(N)c34)[nH]c2c1.COCCn1ccc(NC(=O)c2ccc3c(Cl)c(-c4nn(C(C)(C)C)c5ncnc(N)c45)[nH]c3c2)n1. The van der Waals surface area contributed by atoms with Crippen molar-refractivity contribution in [1.29, 1.82) is 0 Å². The molecule has 1 saturated heterocycles. The Balaban J connectivity index is 0.000000127. The summed E-state index contributed by atoms with van der Waals surface area (Å²) in [6, 6.07) is 24.9. The second kappa shape index (κ2) is 35.2. The van der Waals surface area contributed by atoms with Crippen molar-refractivity contribution in [3.8, 4) is 45.6 Å². The highest BCUT2D eigenvalue weighted by Gasteiger charge is 2.32. The van der Waals surface area contributed by atoms with E-state index < -0.39 is 0 Å². The molecule has 16 N–H and O–H groups in total. The van der Waals surface area contributed by atoms with Gasteiger partial charge >= 0.3 is 0 Å². The zero-order valence-electron chi connectivity index (χ0n) is 72.5. The van der Waals surface area contributed by atoms with Crippen molar-refractivity contribution in [2.75, 3.05) is 67.5 Å². The Labute approximate surface area is 755 Å². The smallest absolute Gasteiger partial charge is 0.256 e. The normalized spacial score (nSPS) is 12.8. The Hall–Kier alpha value is -14.2. The van der Waals surface area contributed by atoms with Crippen molar-refractivity contribution in [3.63, 3.8) is 0 Å². The number of ether oxygens (including phenoxy) is 2. The largest absolute Gasteiger partial charge is 0.383 e. The van der Waals surface area contributed by atoms with Gasteiger partial charge in [0, 0.05) is 137 Å². The van der Waals surface area contributed by atoms with Gasteiger partial charge in [0.2, 0.25) is 0 Å². The average Bonchev–Trinajstić information content (AvgIpc) is 1.60. The van der Waals surface area contributed by atoms with E-state index in [-0.39, 0.29) is 46.3 Å². The average molecular weight is 1820 g/mol. The molecule has 0 aliphatic carbocycles. The number of aromatic nitrogens is 24. The van der Waals surface area contributed by atoms with Gasteiger partial charge in [-0.25, -0.2) is 58.6 Å². The van der Waals surface area contributed by atoms with Crippen molar-refractivity contribution < 1.29 is 28.7 Å². The van der Waals surface area contributed by atoms with Crippen molar-refractivity contribution in [1.82, 2.24) is 129 Å². The molecule has 1 aliphatic heterocycles. The van der Waals surface area contributed by atoms with Crippen molar-refractivity contribution >= 4 is 193 Å². The number of hydrogen-bond donors (Lipinski definition) is 12. The Morgan fingerprint density at radius 1 is 0.450 bits per heavy atom. The summed E-state index contributed by atoms with van der Waals surface area (Å²) < 4.78 is 21.0. The highest BCUT2D eigenvalue weighted by Crippen LogP contribution is 2.45. The van der Waals surface area contributed by atoms with Crippen LogP contribution in [0.15, 0.2) is 123 Å². The van der Waals surface area contributed by atoms with Gasteiger partial charge in [-0.05, 0) is 130 Å². The van der Waals surface area contributed by atoms with Crippen LogP contribution < -0.4 is 44.2 Å². The first-order valence-electron chi connectivity index (χ1n) is 41.1. The Kier molecular flexibility index (Phi) is 24.1. The fraction of sp³-hybridized carbons (Fsp3) is 0.287. The molecular weight excluding hydrogens is 1730 g/mol. The first kappa shape index (κ1) is 88.3. The molecule has 15 heterocycles. The molecule has 129 heavy (non-hydrogen) atoms. The number of nitrogen functional groups attached to an aromatic ring is 4. The van der Waals surface area contributed by atoms with Crippen molar-refractivity contribution in [2.24, 2.45) is 7.05 Å². The fourth-order valence-electron chi connectivity index (χ4n) is 15.2. The molecule has 0 bridgehead atoms. The van der Waals surface area contributed by atoms with Crippen LogP contribution in [0.2, 0.25) is 20.1 Å². The molecule has 0 unspecified atom stereocenters. The van der Waals surface area contributed by atoms with Crippen LogP contribution >= 0.6 is 46.4 Å². The van der Waals surface area contributed by atoms with E-state index in [1.54, 1.807) is 108 Å². The number of halogens is 4. The van der Waals surface area contributed by atoms with Crippen molar-refractivity contribution in [2.45, 2.75) is 124 Å². The minimum absolute atomic E-state index is 0.115. The molecule has 18 aromatic rings. The molecule has 0 saturated carbocycles. The van der Waals surface area contributed by atoms with Gasteiger partial charge in [0.05, 0.1) is 94.2 Å². The quantitative estimate of drug-likeness (QED) is 0.0427. The molecule has 19 rings (SSSR count). The summed E-state index contributed by atoms with van der Waals surface area (Å²) in [6.45, 7) is 23.6. The minimum Gasteiger partial charge on any atom is -0.383 e. The van der Waals surface area contributed by atoms with Gasteiger partial charge in [0.15, 0.2) is 34.2 Å². The second-order valence-electron chi connectivity index (χ2n) is 33.7. The number of H-pyrrole nitrogens is 4. The lowest BCUT2D eigenvalue weighted by atomic mass is 10.1. The lowest BCUT2D eigenvalue weighted by Crippen LogP contribution is -2.38. The third kappa shape index (κ3) is 17.3. The molecule has 0 radical (unpaired) electrons. The maximum Gasteiger partial charge on any atom is 0.256 e. The van der Waals surface area contributed by atoms with Crippen molar-refractivity contribution in [3.05, 3.63) is 165 Å². The highest BCUT2D eigenvalue weighted by molar-refractivity contribution is 6.41. The molecule has 38 nitrogen and oxygen atoms in total. The molecule has 1 fully saturated rings. The summed E-state index contributed by atoms with van der Waals surface area (Å²) in [5.41, 5.74) is 35.7. The Morgan fingerprint density at radius 3 is 1.12 bits per heavy atom. The zero-order chi connectivity index (χ0) is 91.6. The van der Waals surface area contributed by atoms with Crippen LogP contribution in [-0.2, 0) is 46.2 Å². The number of hydrogen-bond acceptors (Lipinski definition) is 24. The van der Waals surface area contributed by atoms with E-state index in [4.69, 9.17) is 94.1 Å². The van der Waals surface area contributed by atoms with E-state index in [2.05, 4.69) is 103 Å². The second-order valence-corrected chi connectivity index (χ2v) is 35.2. The number of methoxy groups -OCH3 is 1. The number of carbonyl (C=O) groups excluding carboxylic acids is 4. The van der Waals surface area contributed by atoms with Gasteiger partial charge in [-0.2, -0.15) is 30.6 Å². The van der Waals surface area contributed by atoms with Crippen LogP contribution in [0.3, 0.4) is 0 Å². The third-order valence-electron chi connectivity index (χ3n) is 21.5. The Morgan fingerprint density at radius 2 is 0.775 bits per heavy atom. The molecule has 0 atom stereocenters. The van der Waals surface area contributed by atoms with E-state index in [1.165, 1.54) is 25.3 Å². The van der Waals surface area contributed by atoms with Gasteiger partial charge < -0.3 is 73.6 Å². The molecule has 4 amide bonds. The van der Waals surface area contributed by atoms with Crippen LogP contribution in [0.4, 0.5) is 34.9 Å². The number of benzene rings is 4. The van der Waals surface area contributed by atoms with E-state index in [0.29, 0.717) is 204 Å². The van der Waals surface area contributed by atoms with Crippen LogP contribution in [0, 0.1) is 0 Å². The molecular formula is C87H92Cl4N32O6. The van der Waals surface area contributed by atoms with E-state index in [0.717, 1.165) is 58.4 Å². The number of aromatic amines is 4. The summed E-state index contributed by atoms with van der Waals surface area (Å²) in [7, 11) is 4.99. The summed E-state index contributed by atoms with van der Waals surface area (Å²) in [4.78, 5) is 97.6. The topological polar surface area (TPSA) is 512 Å². The van der Waals surface area contributed by atoms with E-state index >= 15 is 0 Å². The van der Waals surface area contributed by atoms with Gasteiger partial charge in [0.1, 0.15) is 71.4 Å². The predicted octanol–water partition coefficient (Wildman–Crippen LogP) is 14.9. The van der Waals surface area contributed by atoms with Crippen LogP contribution in [0.1, 0.15) is 130 Å². The van der Waals surface area contributed by atoms with Gasteiger partial charge in [-0.15, -0.1) is 0 Å². The first-order valence-corrected chi connectivity index (χ1v) is 42.6. The maximum absolute atomic E-state index is 12.9. The van der Waals surface area contributed by atoms with Gasteiger partial charge in [-0.3, -0.25) is 28.5 Å². The zero-order valence-corrected chi connectivity index (χ0v) is 75.5. The number of amides is 4.